The molecule has 16 heavy (non-hydrogen) atoms. The van der Waals surface area contributed by atoms with Gasteiger partial charge in [-0.3, -0.25) is 0 Å². The Morgan fingerprint density at radius 3 is 2.94 bits per heavy atom. The first kappa shape index (κ1) is 11.1. The van der Waals surface area contributed by atoms with Gasteiger partial charge in [0.2, 0.25) is 0 Å². The van der Waals surface area contributed by atoms with Gasteiger partial charge in [-0.15, -0.1) is 5.10 Å². The van der Waals surface area contributed by atoms with Crippen molar-refractivity contribution in [1.82, 2.24) is 15.0 Å². The lowest BCUT2D eigenvalue weighted by Crippen LogP contribution is -2.09. The van der Waals surface area contributed by atoms with Crippen molar-refractivity contribution in [2.24, 2.45) is 0 Å². The van der Waals surface area contributed by atoms with Gasteiger partial charge in [-0.25, -0.2) is 9.48 Å². The molecule has 1 fully saturated rings. The third-order valence-electron chi connectivity index (χ3n) is 2.66. The smallest absolute Gasteiger partial charge is 0.358 e. The van der Waals surface area contributed by atoms with E-state index in [-0.39, 0.29) is 5.69 Å². The average molecular weight is 225 g/mol. The van der Waals surface area contributed by atoms with Crippen LogP contribution in [0.1, 0.15) is 41.4 Å². The second kappa shape index (κ2) is 4.61. The van der Waals surface area contributed by atoms with Crippen LogP contribution in [-0.2, 0) is 11.3 Å². The van der Waals surface area contributed by atoms with Crippen LogP contribution in [0.3, 0.4) is 0 Å². The second-order valence-electron chi connectivity index (χ2n) is 3.97. The fourth-order valence-corrected chi connectivity index (χ4v) is 1.76. The maximum Gasteiger partial charge on any atom is 0.358 e. The Balaban J connectivity index is 2.14. The van der Waals surface area contributed by atoms with Crippen molar-refractivity contribution in [2.75, 3.05) is 13.7 Å². The van der Waals surface area contributed by atoms with E-state index in [4.69, 9.17) is 9.84 Å². The lowest BCUT2D eigenvalue weighted by molar-refractivity contribution is 0.0689. The quantitative estimate of drug-likeness (QED) is 0.727. The van der Waals surface area contributed by atoms with Gasteiger partial charge in [-0.05, 0) is 19.3 Å². The Labute approximate surface area is 93.2 Å². The number of aromatic nitrogens is 3. The summed E-state index contributed by atoms with van der Waals surface area (Å²) in [7, 11) is 1.64. The van der Waals surface area contributed by atoms with E-state index in [9.17, 15) is 4.79 Å². The summed E-state index contributed by atoms with van der Waals surface area (Å²) in [6.07, 6.45) is 2.90. The molecule has 1 heterocycles. The van der Waals surface area contributed by atoms with Crippen LogP contribution in [0.4, 0.5) is 0 Å². The van der Waals surface area contributed by atoms with E-state index in [1.807, 2.05) is 0 Å². The van der Waals surface area contributed by atoms with Crippen LogP contribution in [0.5, 0.6) is 0 Å². The van der Waals surface area contributed by atoms with Crippen LogP contribution in [0, 0.1) is 0 Å². The topological polar surface area (TPSA) is 77.2 Å². The third-order valence-corrected chi connectivity index (χ3v) is 2.66. The number of carbonyl (C=O) groups is 1. The molecule has 6 heteroatoms. The van der Waals surface area contributed by atoms with E-state index in [1.165, 1.54) is 0 Å². The molecule has 0 spiro atoms. The molecule has 1 aromatic heterocycles. The largest absolute Gasteiger partial charge is 0.476 e. The Morgan fingerprint density at radius 1 is 1.62 bits per heavy atom. The minimum absolute atomic E-state index is 0.111. The summed E-state index contributed by atoms with van der Waals surface area (Å²) >= 11 is 0. The number of methoxy groups -OCH3 is 1. The van der Waals surface area contributed by atoms with E-state index in [0.717, 1.165) is 25.0 Å². The molecule has 1 N–H and O–H groups in total. The zero-order valence-electron chi connectivity index (χ0n) is 9.22. The van der Waals surface area contributed by atoms with Crippen LogP contribution >= 0.6 is 0 Å². The lowest BCUT2D eigenvalue weighted by atomic mass is 10.2. The summed E-state index contributed by atoms with van der Waals surface area (Å²) in [5, 5.41) is 16.6. The van der Waals surface area contributed by atoms with Gasteiger partial charge < -0.3 is 9.84 Å². The molecule has 1 aliphatic carbocycles. The first-order valence-corrected chi connectivity index (χ1v) is 5.39. The second-order valence-corrected chi connectivity index (χ2v) is 3.97. The van der Waals surface area contributed by atoms with Crippen molar-refractivity contribution in [2.45, 2.75) is 31.7 Å². The Hall–Kier alpha value is -1.43. The predicted octanol–water partition coefficient (Wildman–Crippen LogP) is 0.890. The zero-order valence-corrected chi connectivity index (χ0v) is 9.22. The van der Waals surface area contributed by atoms with Crippen LogP contribution in [0.15, 0.2) is 0 Å². The van der Waals surface area contributed by atoms with Gasteiger partial charge >= 0.3 is 5.97 Å². The van der Waals surface area contributed by atoms with Gasteiger partial charge in [0.1, 0.15) is 0 Å². The summed E-state index contributed by atoms with van der Waals surface area (Å²) in [5.74, 6) is -0.650. The highest BCUT2D eigenvalue weighted by atomic mass is 16.5. The van der Waals surface area contributed by atoms with Crippen molar-refractivity contribution >= 4 is 5.97 Å². The number of aryl methyl sites for hydroxylation is 1. The maximum absolute atomic E-state index is 11.0. The molecular formula is C10H15N3O3. The zero-order chi connectivity index (χ0) is 11.5. The van der Waals surface area contributed by atoms with Gasteiger partial charge in [0.25, 0.3) is 0 Å². The molecule has 0 radical (unpaired) electrons. The van der Waals surface area contributed by atoms with Gasteiger partial charge in [-0.2, -0.15) is 0 Å². The summed E-state index contributed by atoms with van der Waals surface area (Å²) in [6, 6.07) is 0. The van der Waals surface area contributed by atoms with E-state index in [0.29, 0.717) is 19.1 Å². The molecule has 0 saturated heterocycles. The normalized spacial score (nSPS) is 15.3. The van der Waals surface area contributed by atoms with E-state index < -0.39 is 5.97 Å². The van der Waals surface area contributed by atoms with E-state index in [1.54, 1.807) is 11.8 Å². The number of hydrogen-bond acceptors (Lipinski definition) is 4. The maximum atomic E-state index is 11.0. The molecule has 0 aliphatic heterocycles. The highest BCUT2D eigenvalue weighted by molar-refractivity contribution is 5.86. The lowest BCUT2D eigenvalue weighted by Gasteiger charge is -2.05. The molecule has 1 saturated carbocycles. The van der Waals surface area contributed by atoms with Crippen molar-refractivity contribution in [3.8, 4) is 0 Å². The molecule has 0 aromatic carbocycles. The van der Waals surface area contributed by atoms with Crippen molar-refractivity contribution < 1.29 is 14.6 Å². The number of carboxylic acid groups (broad SMARTS) is 1. The van der Waals surface area contributed by atoms with E-state index >= 15 is 0 Å². The molecule has 0 unspecified atom stereocenters. The predicted molar refractivity (Wildman–Crippen MR) is 55.4 cm³/mol. The molecule has 2 rings (SSSR count). The Bertz CT molecular complexity index is 385. The first-order valence-electron chi connectivity index (χ1n) is 5.39. The summed E-state index contributed by atoms with van der Waals surface area (Å²) in [5.41, 5.74) is 0.892. The standard InChI is InChI=1S/C10H15N3O3/c1-16-6-2-5-13-9(7-3-4-7)8(10(14)15)11-12-13/h7H,2-6H2,1H3,(H,14,15). The highest BCUT2D eigenvalue weighted by Crippen LogP contribution is 2.41. The number of hydrogen-bond donors (Lipinski definition) is 1. The molecular weight excluding hydrogens is 210 g/mol. The van der Waals surface area contributed by atoms with Gasteiger partial charge in [0.05, 0.1) is 5.69 Å². The number of carboxylic acids is 1. The number of ether oxygens (including phenoxy) is 1. The van der Waals surface area contributed by atoms with Gasteiger partial charge in [0, 0.05) is 26.2 Å². The molecule has 0 amide bonds. The minimum Gasteiger partial charge on any atom is -0.476 e. The molecule has 1 aromatic rings. The molecule has 0 bridgehead atoms. The molecule has 88 valence electrons. The van der Waals surface area contributed by atoms with Gasteiger partial charge in [0.15, 0.2) is 5.69 Å². The fourth-order valence-electron chi connectivity index (χ4n) is 1.76. The van der Waals surface area contributed by atoms with Crippen molar-refractivity contribution in [1.29, 1.82) is 0 Å². The van der Waals surface area contributed by atoms with Crippen LogP contribution < -0.4 is 0 Å². The van der Waals surface area contributed by atoms with Gasteiger partial charge in [-0.1, -0.05) is 5.21 Å². The fraction of sp³-hybridized carbons (Fsp3) is 0.700. The Morgan fingerprint density at radius 2 is 2.38 bits per heavy atom. The summed E-state index contributed by atoms with van der Waals surface area (Å²) in [6.45, 7) is 1.31. The highest BCUT2D eigenvalue weighted by Gasteiger charge is 2.33. The number of nitrogens with zero attached hydrogens (tertiary/aromatic N) is 3. The molecule has 0 atom stereocenters. The Kier molecular flexibility index (Phi) is 3.19. The van der Waals surface area contributed by atoms with Crippen LogP contribution in [0.2, 0.25) is 0 Å². The molecule has 1 aliphatic rings. The van der Waals surface area contributed by atoms with Crippen LogP contribution in [0.25, 0.3) is 0 Å². The number of aromatic carboxylic acids is 1. The monoisotopic (exact) mass is 225 g/mol. The van der Waals surface area contributed by atoms with E-state index in [2.05, 4.69) is 10.3 Å². The summed E-state index contributed by atoms with van der Waals surface area (Å²) in [4.78, 5) is 11.0. The first-order chi connectivity index (χ1) is 7.74. The van der Waals surface area contributed by atoms with Crippen LogP contribution in [-0.4, -0.2) is 39.8 Å². The molecule has 6 nitrogen and oxygen atoms in total. The van der Waals surface area contributed by atoms with Crippen molar-refractivity contribution in [3.05, 3.63) is 11.4 Å². The SMILES string of the molecule is COCCCn1nnc(C(=O)O)c1C1CC1. The van der Waals surface area contributed by atoms with Crippen molar-refractivity contribution in [3.63, 3.8) is 0 Å². The third kappa shape index (κ3) is 2.21. The minimum atomic E-state index is -0.986. The average Bonchev–Trinajstić information content (AvgIpc) is 3.00. The summed E-state index contributed by atoms with van der Waals surface area (Å²) < 4.78 is 6.66. The number of rotatable bonds is 6.